The van der Waals surface area contributed by atoms with Gasteiger partial charge in [0.25, 0.3) is 6.47 Å². The Hall–Kier alpha value is -1.05. The van der Waals surface area contributed by atoms with Crippen molar-refractivity contribution >= 4 is 6.47 Å². The first-order valence-corrected chi connectivity index (χ1v) is 3.28. The summed E-state index contributed by atoms with van der Waals surface area (Å²) < 4.78 is 4.59. The molecule has 0 aromatic carbocycles. The molecule has 56 valence electrons. The van der Waals surface area contributed by atoms with Crippen molar-refractivity contribution < 1.29 is 9.53 Å². The minimum Gasteiger partial charge on any atom is -0.429 e. The van der Waals surface area contributed by atoms with Gasteiger partial charge in [-0.15, -0.1) is 0 Å². The van der Waals surface area contributed by atoms with Crippen molar-refractivity contribution in [2.24, 2.45) is 0 Å². The van der Waals surface area contributed by atoms with Crippen LogP contribution in [0.4, 0.5) is 0 Å². The molecule has 0 aliphatic carbocycles. The van der Waals surface area contributed by atoms with E-state index < -0.39 is 0 Å². The van der Waals surface area contributed by atoms with Crippen molar-refractivity contribution in [3.8, 4) is 0 Å². The second-order valence-corrected chi connectivity index (χ2v) is 1.72. The van der Waals surface area contributed by atoms with Gasteiger partial charge in [-0.1, -0.05) is 13.0 Å². The van der Waals surface area contributed by atoms with Gasteiger partial charge in [0.2, 0.25) is 0 Å². The second-order valence-electron chi connectivity index (χ2n) is 1.72. The van der Waals surface area contributed by atoms with Gasteiger partial charge in [0.05, 0.1) is 0 Å². The number of carbonyl (C=O) groups excluding carboxylic acids is 1. The van der Waals surface area contributed by atoms with Gasteiger partial charge in [0, 0.05) is 0 Å². The van der Waals surface area contributed by atoms with Gasteiger partial charge in [0.15, 0.2) is 0 Å². The summed E-state index contributed by atoms with van der Waals surface area (Å²) in [6.07, 6.45) is 6.38. The van der Waals surface area contributed by atoms with Crippen LogP contribution in [0.2, 0.25) is 0 Å². The van der Waals surface area contributed by atoms with Crippen molar-refractivity contribution in [3.63, 3.8) is 0 Å². The first kappa shape index (κ1) is 8.95. The molecule has 0 unspecified atom stereocenters. The lowest BCUT2D eigenvalue weighted by molar-refractivity contribution is -0.124. The lowest BCUT2D eigenvalue weighted by atomic mass is 10.3. The summed E-state index contributed by atoms with van der Waals surface area (Å²) in [7, 11) is 0. The summed E-state index contributed by atoms with van der Waals surface area (Å²) in [5, 5.41) is 0. The predicted octanol–water partition coefficient (Wildman–Crippen LogP) is 2.03. The Labute approximate surface area is 61.2 Å². The largest absolute Gasteiger partial charge is 0.429 e. The molecule has 0 aromatic rings. The van der Waals surface area contributed by atoms with E-state index >= 15 is 0 Å². The minimum absolute atomic E-state index is 0.426. The van der Waals surface area contributed by atoms with E-state index in [-0.39, 0.29) is 0 Å². The Balaban J connectivity index is 3.84. The van der Waals surface area contributed by atoms with Gasteiger partial charge in [-0.25, -0.2) is 0 Å². The zero-order chi connectivity index (χ0) is 7.82. The lowest BCUT2D eigenvalue weighted by Gasteiger charge is -1.93. The molecule has 0 radical (unpaired) electrons. The number of carbonyl (C=O) groups is 1. The number of allylic oxidation sites excluding steroid dienone is 3. The Morgan fingerprint density at radius 3 is 2.70 bits per heavy atom. The average molecular weight is 140 g/mol. The van der Waals surface area contributed by atoms with Crippen LogP contribution < -0.4 is 0 Å². The fraction of sp³-hybridized carbons (Fsp3) is 0.375. The molecule has 0 saturated carbocycles. The fourth-order valence-electron chi connectivity index (χ4n) is 0.493. The van der Waals surface area contributed by atoms with E-state index in [2.05, 4.69) is 4.74 Å². The molecule has 0 spiro atoms. The van der Waals surface area contributed by atoms with Crippen LogP contribution in [0.25, 0.3) is 0 Å². The maximum Gasteiger partial charge on any atom is 0.298 e. The third-order valence-corrected chi connectivity index (χ3v) is 0.987. The molecule has 0 N–H and O–H groups in total. The van der Waals surface area contributed by atoms with E-state index in [9.17, 15) is 4.79 Å². The second kappa shape index (κ2) is 6.08. The van der Waals surface area contributed by atoms with Gasteiger partial charge >= 0.3 is 0 Å². The topological polar surface area (TPSA) is 26.3 Å². The van der Waals surface area contributed by atoms with Crippen LogP contribution >= 0.6 is 0 Å². The Morgan fingerprint density at radius 1 is 1.60 bits per heavy atom. The van der Waals surface area contributed by atoms with E-state index in [1.807, 2.05) is 19.9 Å². The van der Waals surface area contributed by atoms with Crippen LogP contribution in [0, 0.1) is 0 Å². The molecule has 0 rings (SSSR count). The zero-order valence-electron chi connectivity index (χ0n) is 6.33. The van der Waals surface area contributed by atoms with Crippen LogP contribution in [0.15, 0.2) is 24.0 Å². The zero-order valence-corrected chi connectivity index (χ0v) is 6.33. The number of rotatable bonds is 4. The number of hydrogen-bond donors (Lipinski definition) is 0. The summed E-state index contributed by atoms with van der Waals surface area (Å²) in [5.41, 5.74) is 0. The van der Waals surface area contributed by atoms with Gasteiger partial charge in [-0.3, -0.25) is 4.79 Å². The third-order valence-electron chi connectivity index (χ3n) is 0.987. The monoisotopic (exact) mass is 140 g/mol. The third kappa shape index (κ3) is 3.89. The predicted molar refractivity (Wildman–Crippen MR) is 40.3 cm³/mol. The van der Waals surface area contributed by atoms with Crippen LogP contribution in [-0.4, -0.2) is 6.47 Å². The molecule has 0 saturated heterocycles. The first-order valence-electron chi connectivity index (χ1n) is 3.28. The van der Waals surface area contributed by atoms with E-state index in [4.69, 9.17) is 0 Å². The van der Waals surface area contributed by atoms with Gasteiger partial charge in [0.1, 0.15) is 5.76 Å². The van der Waals surface area contributed by atoms with Crippen molar-refractivity contribution in [1.29, 1.82) is 0 Å². The highest BCUT2D eigenvalue weighted by molar-refractivity contribution is 5.41. The molecule has 2 heteroatoms. The molecule has 0 aliphatic rings. The number of hydrogen-bond acceptors (Lipinski definition) is 2. The van der Waals surface area contributed by atoms with Crippen molar-refractivity contribution in [3.05, 3.63) is 24.0 Å². The van der Waals surface area contributed by atoms with Crippen molar-refractivity contribution in [1.82, 2.24) is 0 Å². The van der Waals surface area contributed by atoms with E-state index in [0.717, 1.165) is 6.42 Å². The highest BCUT2D eigenvalue weighted by Gasteiger charge is 1.85. The minimum atomic E-state index is 0.426. The van der Waals surface area contributed by atoms with Crippen LogP contribution in [0.1, 0.15) is 20.3 Å². The summed E-state index contributed by atoms with van der Waals surface area (Å²) >= 11 is 0. The number of ether oxygens (including phenoxy) is 1. The van der Waals surface area contributed by atoms with Crippen LogP contribution in [-0.2, 0) is 9.53 Å². The van der Waals surface area contributed by atoms with Gasteiger partial charge in [-0.05, 0) is 25.5 Å². The normalized spacial score (nSPS) is 12.0. The summed E-state index contributed by atoms with van der Waals surface area (Å²) in [6.45, 7) is 4.26. The van der Waals surface area contributed by atoms with E-state index in [1.54, 1.807) is 12.2 Å². The van der Waals surface area contributed by atoms with Gasteiger partial charge in [-0.2, -0.15) is 0 Å². The average Bonchev–Trinajstić information content (AvgIpc) is 1.98. The molecule has 10 heavy (non-hydrogen) atoms. The Kier molecular flexibility index (Phi) is 5.44. The maximum absolute atomic E-state index is 9.84. The van der Waals surface area contributed by atoms with Gasteiger partial charge < -0.3 is 4.74 Å². The van der Waals surface area contributed by atoms with E-state index in [1.165, 1.54) is 0 Å². The lowest BCUT2D eigenvalue weighted by Crippen LogP contribution is -1.83. The van der Waals surface area contributed by atoms with Crippen molar-refractivity contribution in [2.75, 3.05) is 0 Å². The fourth-order valence-corrected chi connectivity index (χ4v) is 0.493. The molecule has 0 aliphatic heterocycles. The molecule has 0 amide bonds. The Morgan fingerprint density at radius 2 is 2.30 bits per heavy atom. The van der Waals surface area contributed by atoms with Crippen molar-refractivity contribution in [2.45, 2.75) is 20.3 Å². The highest BCUT2D eigenvalue weighted by Crippen LogP contribution is 1.97. The molecule has 0 fully saturated rings. The standard InChI is InChI=1S/C8H12O2/c1-3-5-6-8(4-2)10-7-9/h4-7H,3H2,1-2H3/b6-5-,8-4+. The summed E-state index contributed by atoms with van der Waals surface area (Å²) in [6, 6.07) is 0. The van der Waals surface area contributed by atoms with Crippen LogP contribution in [0.5, 0.6) is 0 Å². The molecule has 0 bridgehead atoms. The van der Waals surface area contributed by atoms with Crippen LogP contribution in [0.3, 0.4) is 0 Å². The molecular formula is C8H12O2. The summed E-state index contributed by atoms with van der Waals surface area (Å²) in [4.78, 5) is 9.84. The molecule has 0 atom stereocenters. The molecule has 0 aromatic heterocycles. The SMILES string of the molecule is C/C=C(\C=C/CC)OC=O. The first-order chi connectivity index (χ1) is 4.85. The molecule has 2 nitrogen and oxygen atoms in total. The highest BCUT2D eigenvalue weighted by atomic mass is 16.5. The van der Waals surface area contributed by atoms with E-state index in [0.29, 0.717) is 12.2 Å². The summed E-state index contributed by atoms with van der Waals surface area (Å²) in [5.74, 6) is 0.594. The maximum atomic E-state index is 9.84. The molecule has 0 heterocycles. The smallest absolute Gasteiger partial charge is 0.298 e. The molecular weight excluding hydrogens is 128 g/mol. The Bertz CT molecular complexity index is 145. The quantitative estimate of drug-likeness (QED) is 0.339.